The Balaban J connectivity index is 2.44. The second-order valence-corrected chi connectivity index (χ2v) is 8.19. The summed E-state index contributed by atoms with van der Waals surface area (Å²) in [6, 6.07) is 4.37. The van der Waals surface area contributed by atoms with Gasteiger partial charge in [-0.3, -0.25) is 0 Å². The lowest BCUT2D eigenvalue weighted by atomic mass is 10.3. The molecule has 0 aromatic carbocycles. The van der Waals surface area contributed by atoms with Crippen molar-refractivity contribution in [1.82, 2.24) is 0 Å². The van der Waals surface area contributed by atoms with Crippen molar-refractivity contribution in [2.75, 3.05) is 0 Å². The second kappa shape index (κ2) is 4.07. The molecule has 0 atom stereocenters. The molecule has 3 heteroatoms. The molecule has 1 aromatic rings. The van der Waals surface area contributed by atoms with Crippen LogP contribution >= 0.6 is 32.9 Å². The minimum atomic E-state index is 0.350. The van der Waals surface area contributed by atoms with Crippen molar-refractivity contribution in [2.45, 2.75) is 36.7 Å². The van der Waals surface area contributed by atoms with Gasteiger partial charge >= 0.3 is 0 Å². The quantitative estimate of drug-likeness (QED) is 0.666. The fourth-order valence-corrected chi connectivity index (χ4v) is 3.97. The van der Waals surface area contributed by atoms with E-state index in [1.165, 1.54) is 9.09 Å². The Morgan fingerprint density at radius 2 is 1.92 bits per heavy atom. The molecule has 0 saturated carbocycles. The summed E-state index contributed by atoms with van der Waals surface area (Å²) >= 11 is 1.87. The highest BCUT2D eigenvalue weighted by atomic mass is 33.1. The summed E-state index contributed by atoms with van der Waals surface area (Å²) in [6.45, 7) is 8.87. The first-order valence-corrected chi connectivity index (χ1v) is 6.86. The van der Waals surface area contributed by atoms with E-state index in [0.717, 1.165) is 0 Å². The summed E-state index contributed by atoms with van der Waals surface area (Å²) in [5.74, 6) is 0. The number of aryl methyl sites for hydroxylation is 1. The van der Waals surface area contributed by atoms with Gasteiger partial charge in [0.15, 0.2) is 0 Å². The molecule has 1 aromatic heterocycles. The van der Waals surface area contributed by atoms with Gasteiger partial charge in [0, 0.05) is 9.62 Å². The van der Waals surface area contributed by atoms with Crippen LogP contribution in [0.3, 0.4) is 0 Å². The Morgan fingerprint density at radius 3 is 2.33 bits per heavy atom. The van der Waals surface area contributed by atoms with E-state index in [1.807, 2.05) is 32.9 Å². The van der Waals surface area contributed by atoms with E-state index in [0.29, 0.717) is 4.75 Å². The molecular weight excluding hydrogens is 204 g/mol. The topological polar surface area (TPSA) is 0 Å². The van der Waals surface area contributed by atoms with Crippen LogP contribution in [0.5, 0.6) is 0 Å². The van der Waals surface area contributed by atoms with Crippen LogP contribution in [0.1, 0.15) is 25.6 Å². The molecule has 0 unspecified atom stereocenters. The third-order valence-corrected chi connectivity index (χ3v) is 5.87. The van der Waals surface area contributed by atoms with Gasteiger partial charge in [0.25, 0.3) is 0 Å². The van der Waals surface area contributed by atoms with Gasteiger partial charge in [0.05, 0.1) is 4.21 Å². The van der Waals surface area contributed by atoms with Crippen molar-refractivity contribution in [2.24, 2.45) is 0 Å². The molecule has 1 heterocycles. The van der Waals surface area contributed by atoms with Crippen molar-refractivity contribution in [3.05, 3.63) is 17.0 Å². The average Bonchev–Trinajstić information content (AvgIpc) is 2.30. The van der Waals surface area contributed by atoms with Crippen LogP contribution in [0.4, 0.5) is 0 Å². The van der Waals surface area contributed by atoms with Gasteiger partial charge in [0.1, 0.15) is 0 Å². The van der Waals surface area contributed by atoms with Gasteiger partial charge in [-0.05, 0) is 29.9 Å². The van der Waals surface area contributed by atoms with Gasteiger partial charge in [-0.15, -0.1) is 11.3 Å². The minimum absolute atomic E-state index is 0.350. The van der Waals surface area contributed by atoms with E-state index < -0.39 is 0 Å². The Bertz CT molecular complexity index is 245. The Kier molecular flexibility index (Phi) is 3.56. The van der Waals surface area contributed by atoms with Gasteiger partial charge in [-0.2, -0.15) is 0 Å². The van der Waals surface area contributed by atoms with Gasteiger partial charge in [-0.1, -0.05) is 31.6 Å². The van der Waals surface area contributed by atoms with Gasteiger partial charge in [0.2, 0.25) is 0 Å². The predicted molar refractivity (Wildman–Crippen MR) is 62.3 cm³/mol. The van der Waals surface area contributed by atoms with Crippen molar-refractivity contribution < 1.29 is 0 Å². The average molecular weight is 218 g/mol. The molecule has 0 saturated heterocycles. The van der Waals surface area contributed by atoms with E-state index in [4.69, 9.17) is 0 Å². The van der Waals surface area contributed by atoms with Crippen LogP contribution in [0.2, 0.25) is 0 Å². The van der Waals surface area contributed by atoms with Gasteiger partial charge < -0.3 is 0 Å². The molecule has 1 rings (SSSR count). The third-order valence-electron chi connectivity index (χ3n) is 1.09. The van der Waals surface area contributed by atoms with Crippen molar-refractivity contribution in [3.63, 3.8) is 0 Å². The normalized spacial score (nSPS) is 12.0. The van der Waals surface area contributed by atoms with Crippen LogP contribution in [-0.4, -0.2) is 4.75 Å². The molecule has 0 N–H and O–H groups in total. The zero-order valence-corrected chi connectivity index (χ0v) is 10.3. The molecule has 0 nitrogen and oxygen atoms in total. The molecule has 0 aliphatic heterocycles. The van der Waals surface area contributed by atoms with Crippen LogP contribution < -0.4 is 0 Å². The summed E-state index contributed by atoms with van der Waals surface area (Å²) in [7, 11) is 3.81. The largest absolute Gasteiger partial charge is 0.133 e. The lowest BCUT2D eigenvalue weighted by molar-refractivity contribution is 0.810. The Morgan fingerprint density at radius 1 is 1.25 bits per heavy atom. The summed E-state index contributed by atoms with van der Waals surface area (Å²) in [4.78, 5) is 1.40. The minimum Gasteiger partial charge on any atom is -0.133 e. The smallest absolute Gasteiger partial charge is 0.0709 e. The molecule has 0 bridgehead atoms. The highest BCUT2D eigenvalue weighted by Crippen LogP contribution is 2.42. The summed E-state index contributed by atoms with van der Waals surface area (Å²) in [6.07, 6.45) is 0. The SMILES string of the molecule is Cc1ccc(SSC(C)(C)C)s1. The molecule has 0 aliphatic rings. The third kappa shape index (κ3) is 3.87. The first-order valence-electron chi connectivity index (χ1n) is 3.89. The first kappa shape index (κ1) is 10.5. The van der Waals surface area contributed by atoms with Crippen LogP contribution in [0.25, 0.3) is 0 Å². The van der Waals surface area contributed by atoms with E-state index >= 15 is 0 Å². The van der Waals surface area contributed by atoms with Gasteiger partial charge in [-0.25, -0.2) is 0 Å². The van der Waals surface area contributed by atoms with E-state index in [9.17, 15) is 0 Å². The summed E-state index contributed by atoms with van der Waals surface area (Å²) < 4.78 is 1.76. The standard InChI is InChI=1S/C9H14S3/c1-7-5-6-8(10-7)11-12-9(2,3)4/h5-6H,1-4H3. The van der Waals surface area contributed by atoms with Crippen molar-refractivity contribution in [3.8, 4) is 0 Å². The molecule has 0 spiro atoms. The van der Waals surface area contributed by atoms with Crippen LogP contribution in [0, 0.1) is 6.92 Å². The first-order chi connectivity index (χ1) is 5.47. The predicted octanol–water partition coefficient (Wildman–Crippen LogP) is 4.60. The maximum Gasteiger partial charge on any atom is 0.0709 e. The molecule has 0 radical (unpaired) electrons. The number of rotatable bonds is 2. The summed E-state index contributed by atoms with van der Waals surface area (Å²) in [5.41, 5.74) is 0. The Hall–Kier alpha value is 0.400. The molecule has 0 aliphatic carbocycles. The maximum absolute atomic E-state index is 2.24. The zero-order valence-electron chi connectivity index (χ0n) is 7.88. The molecule has 0 fully saturated rings. The summed E-state index contributed by atoms with van der Waals surface area (Å²) in [5, 5.41) is 0. The second-order valence-electron chi connectivity index (χ2n) is 3.64. The fraction of sp³-hybridized carbons (Fsp3) is 0.556. The lowest BCUT2D eigenvalue weighted by Crippen LogP contribution is -2.03. The number of thiophene rings is 1. The molecule has 68 valence electrons. The zero-order chi connectivity index (χ0) is 9.19. The lowest BCUT2D eigenvalue weighted by Gasteiger charge is -2.15. The highest BCUT2D eigenvalue weighted by Gasteiger charge is 2.11. The van der Waals surface area contributed by atoms with Crippen molar-refractivity contribution >= 4 is 32.9 Å². The fourth-order valence-electron chi connectivity index (χ4n) is 0.623. The monoisotopic (exact) mass is 218 g/mol. The Labute approximate surface area is 86.5 Å². The number of hydrogen-bond acceptors (Lipinski definition) is 3. The van der Waals surface area contributed by atoms with Crippen LogP contribution in [-0.2, 0) is 0 Å². The maximum atomic E-state index is 2.24. The molecule has 12 heavy (non-hydrogen) atoms. The van der Waals surface area contributed by atoms with E-state index in [2.05, 4.69) is 39.8 Å². The van der Waals surface area contributed by atoms with Crippen LogP contribution in [0.15, 0.2) is 16.3 Å². The molecule has 0 amide bonds. The molecular formula is C9H14S3. The highest BCUT2D eigenvalue weighted by molar-refractivity contribution is 8.77. The van der Waals surface area contributed by atoms with E-state index in [1.54, 1.807) is 0 Å². The number of hydrogen-bond donors (Lipinski definition) is 0. The van der Waals surface area contributed by atoms with Crippen molar-refractivity contribution in [1.29, 1.82) is 0 Å². The van der Waals surface area contributed by atoms with E-state index in [-0.39, 0.29) is 0 Å².